The van der Waals surface area contributed by atoms with E-state index < -0.39 is 0 Å². The van der Waals surface area contributed by atoms with E-state index in [-0.39, 0.29) is 5.91 Å². The Morgan fingerprint density at radius 1 is 1.06 bits per heavy atom. The highest BCUT2D eigenvalue weighted by Crippen LogP contribution is 2.36. The highest BCUT2D eigenvalue weighted by Gasteiger charge is 2.37. The molecule has 0 spiro atoms. The van der Waals surface area contributed by atoms with E-state index in [9.17, 15) is 4.79 Å². The first-order valence-corrected chi connectivity index (χ1v) is 8.37. The van der Waals surface area contributed by atoms with Crippen molar-refractivity contribution in [3.05, 3.63) is 0 Å². The van der Waals surface area contributed by atoms with Crippen LogP contribution in [0.4, 0.5) is 0 Å². The third-order valence-electron chi connectivity index (χ3n) is 4.12. The summed E-state index contributed by atoms with van der Waals surface area (Å²) in [4.78, 5) is 11.9. The number of rotatable bonds is 3. The van der Waals surface area contributed by atoms with Gasteiger partial charge in [-0.1, -0.05) is 41.5 Å². The molecule has 3 atom stereocenters. The average molecular weight is 271 g/mol. The molecule has 2 nitrogen and oxygen atoms in total. The van der Waals surface area contributed by atoms with Crippen molar-refractivity contribution >= 4 is 17.7 Å². The fraction of sp³-hybridized carbons (Fsp3) is 0.933. The van der Waals surface area contributed by atoms with Crippen molar-refractivity contribution in [2.75, 3.05) is 11.5 Å². The molecule has 18 heavy (non-hydrogen) atoms. The van der Waals surface area contributed by atoms with Crippen molar-refractivity contribution in [1.82, 2.24) is 5.32 Å². The SMILES string of the molecule is CC(C)C1CSCC(=O)NC(C(C)C)C1C(C)C. The Bertz CT molecular complexity index is 276. The zero-order valence-corrected chi connectivity index (χ0v) is 13.5. The summed E-state index contributed by atoms with van der Waals surface area (Å²) >= 11 is 1.80. The molecule has 1 aliphatic rings. The molecule has 0 bridgehead atoms. The maximum absolute atomic E-state index is 11.9. The van der Waals surface area contributed by atoms with Gasteiger partial charge in [-0.25, -0.2) is 0 Å². The lowest BCUT2D eigenvalue weighted by molar-refractivity contribution is -0.120. The van der Waals surface area contributed by atoms with Crippen LogP contribution in [-0.2, 0) is 4.79 Å². The lowest BCUT2D eigenvalue weighted by Crippen LogP contribution is -2.51. The first-order chi connectivity index (χ1) is 8.34. The average Bonchev–Trinajstić information content (AvgIpc) is 2.21. The third-order valence-corrected chi connectivity index (χ3v) is 5.21. The second-order valence-electron chi connectivity index (χ2n) is 6.58. The fourth-order valence-corrected chi connectivity index (χ4v) is 4.41. The smallest absolute Gasteiger partial charge is 0.230 e. The zero-order chi connectivity index (χ0) is 13.9. The molecule has 1 rings (SSSR count). The molecule has 1 N–H and O–H groups in total. The van der Waals surface area contributed by atoms with Gasteiger partial charge in [0, 0.05) is 6.04 Å². The van der Waals surface area contributed by atoms with E-state index in [1.165, 1.54) is 0 Å². The minimum absolute atomic E-state index is 0.214. The van der Waals surface area contributed by atoms with Crippen LogP contribution < -0.4 is 5.32 Å². The van der Waals surface area contributed by atoms with Crippen LogP contribution in [0.25, 0.3) is 0 Å². The normalized spacial score (nSPS) is 30.5. The van der Waals surface area contributed by atoms with Gasteiger partial charge < -0.3 is 5.32 Å². The van der Waals surface area contributed by atoms with E-state index in [2.05, 4.69) is 46.9 Å². The van der Waals surface area contributed by atoms with Gasteiger partial charge in [0.2, 0.25) is 5.91 Å². The van der Waals surface area contributed by atoms with Crippen molar-refractivity contribution in [3.63, 3.8) is 0 Å². The Balaban J connectivity index is 3.01. The summed E-state index contributed by atoms with van der Waals surface area (Å²) in [6.07, 6.45) is 0. The summed E-state index contributed by atoms with van der Waals surface area (Å²) in [6.45, 7) is 13.7. The number of hydrogen-bond acceptors (Lipinski definition) is 2. The largest absolute Gasteiger partial charge is 0.352 e. The first-order valence-electron chi connectivity index (χ1n) is 7.21. The summed E-state index contributed by atoms with van der Waals surface area (Å²) < 4.78 is 0. The molecule has 3 unspecified atom stereocenters. The molecule has 0 aromatic carbocycles. The molecular formula is C15H29NOS. The van der Waals surface area contributed by atoms with Gasteiger partial charge in [0.25, 0.3) is 0 Å². The van der Waals surface area contributed by atoms with E-state index in [1.54, 1.807) is 11.8 Å². The molecule has 1 aliphatic heterocycles. The summed E-state index contributed by atoms with van der Waals surface area (Å²) in [5.74, 6) is 5.04. The maximum Gasteiger partial charge on any atom is 0.230 e. The van der Waals surface area contributed by atoms with E-state index in [4.69, 9.17) is 0 Å². The molecule has 0 aliphatic carbocycles. The second kappa shape index (κ2) is 6.83. The van der Waals surface area contributed by atoms with E-state index in [1.807, 2.05) is 0 Å². The van der Waals surface area contributed by atoms with Crippen molar-refractivity contribution in [2.24, 2.45) is 29.6 Å². The van der Waals surface area contributed by atoms with Crippen molar-refractivity contribution in [2.45, 2.75) is 47.6 Å². The van der Waals surface area contributed by atoms with Crippen LogP contribution in [0.15, 0.2) is 0 Å². The molecule has 0 radical (unpaired) electrons. The topological polar surface area (TPSA) is 29.1 Å². The molecule has 0 aromatic rings. The molecule has 106 valence electrons. The van der Waals surface area contributed by atoms with Crippen molar-refractivity contribution < 1.29 is 4.79 Å². The Morgan fingerprint density at radius 3 is 2.11 bits per heavy atom. The Labute approximate surface area is 117 Å². The van der Waals surface area contributed by atoms with Gasteiger partial charge in [-0.3, -0.25) is 4.79 Å². The van der Waals surface area contributed by atoms with Crippen LogP contribution in [0.2, 0.25) is 0 Å². The van der Waals surface area contributed by atoms with Crippen LogP contribution in [0.3, 0.4) is 0 Å². The van der Waals surface area contributed by atoms with Crippen molar-refractivity contribution in [1.29, 1.82) is 0 Å². The first kappa shape index (κ1) is 15.9. The Morgan fingerprint density at radius 2 is 1.67 bits per heavy atom. The molecule has 3 heteroatoms. The van der Waals surface area contributed by atoms with Gasteiger partial charge in [0.15, 0.2) is 0 Å². The number of carbonyl (C=O) groups is 1. The van der Waals surface area contributed by atoms with Gasteiger partial charge in [0.05, 0.1) is 5.75 Å². The predicted octanol–water partition coefficient (Wildman–Crippen LogP) is 3.42. The van der Waals surface area contributed by atoms with Crippen LogP contribution in [0.1, 0.15) is 41.5 Å². The zero-order valence-electron chi connectivity index (χ0n) is 12.7. The molecule has 1 heterocycles. The predicted molar refractivity (Wildman–Crippen MR) is 80.7 cm³/mol. The number of thioether (sulfide) groups is 1. The highest BCUT2D eigenvalue weighted by molar-refractivity contribution is 7.99. The molecular weight excluding hydrogens is 242 g/mol. The quantitative estimate of drug-likeness (QED) is 0.852. The van der Waals surface area contributed by atoms with Gasteiger partial charge in [-0.05, 0) is 35.3 Å². The minimum atomic E-state index is 0.214. The molecule has 0 aromatic heterocycles. The van der Waals surface area contributed by atoms with Gasteiger partial charge in [-0.2, -0.15) is 11.8 Å². The van der Waals surface area contributed by atoms with Crippen LogP contribution >= 0.6 is 11.8 Å². The summed E-state index contributed by atoms with van der Waals surface area (Å²) in [6, 6.07) is 0.325. The van der Waals surface area contributed by atoms with Crippen molar-refractivity contribution in [3.8, 4) is 0 Å². The number of hydrogen-bond donors (Lipinski definition) is 1. The molecule has 1 saturated heterocycles. The Hall–Kier alpha value is -0.180. The van der Waals surface area contributed by atoms with Gasteiger partial charge in [-0.15, -0.1) is 0 Å². The third kappa shape index (κ3) is 3.91. The molecule has 1 fully saturated rings. The number of carbonyl (C=O) groups excluding carboxylic acids is 1. The lowest BCUT2D eigenvalue weighted by atomic mass is 9.71. The monoisotopic (exact) mass is 271 g/mol. The molecule has 0 saturated carbocycles. The lowest BCUT2D eigenvalue weighted by Gasteiger charge is -2.42. The van der Waals surface area contributed by atoms with Gasteiger partial charge in [0.1, 0.15) is 0 Å². The fourth-order valence-electron chi connectivity index (χ4n) is 3.15. The number of nitrogens with one attached hydrogen (secondary N) is 1. The van der Waals surface area contributed by atoms with Crippen LogP contribution in [0.5, 0.6) is 0 Å². The van der Waals surface area contributed by atoms with Gasteiger partial charge >= 0.3 is 0 Å². The maximum atomic E-state index is 11.9. The standard InChI is InChI=1S/C15H29NOS/c1-9(2)12-7-18-8-13(17)16-15(11(5)6)14(12)10(3)4/h9-12,14-15H,7-8H2,1-6H3,(H,16,17). The van der Waals surface area contributed by atoms with Crippen LogP contribution in [-0.4, -0.2) is 23.5 Å². The highest BCUT2D eigenvalue weighted by atomic mass is 32.2. The van der Waals surface area contributed by atoms with Crippen LogP contribution in [0, 0.1) is 29.6 Å². The van der Waals surface area contributed by atoms with E-state index in [0.717, 1.165) is 5.75 Å². The summed E-state index contributed by atoms with van der Waals surface area (Å²) in [5, 5.41) is 3.27. The summed E-state index contributed by atoms with van der Waals surface area (Å²) in [5.41, 5.74) is 0. The minimum Gasteiger partial charge on any atom is -0.352 e. The van der Waals surface area contributed by atoms with E-state index in [0.29, 0.717) is 41.4 Å². The summed E-state index contributed by atoms with van der Waals surface area (Å²) in [7, 11) is 0. The second-order valence-corrected chi connectivity index (χ2v) is 7.61. The van der Waals surface area contributed by atoms with E-state index >= 15 is 0 Å². The molecule has 1 amide bonds. The number of amides is 1. The Kier molecular flexibility index (Phi) is 6.03.